The molecule has 1 N–H and O–H groups in total. The highest BCUT2D eigenvalue weighted by Gasteiger charge is 2.34. The molecule has 7 heterocycles. The summed E-state index contributed by atoms with van der Waals surface area (Å²) in [6.45, 7) is 2.09. The molecule has 10 aromatic rings. The molecule has 63 heavy (non-hydrogen) atoms. The Morgan fingerprint density at radius 1 is 0.492 bits per heavy atom. The molecule has 0 amide bonds. The van der Waals surface area contributed by atoms with Crippen molar-refractivity contribution in [2.75, 3.05) is 13.2 Å². The van der Waals surface area contributed by atoms with E-state index in [0.29, 0.717) is 37.9 Å². The summed E-state index contributed by atoms with van der Waals surface area (Å²) in [5, 5.41) is 12.2. The van der Waals surface area contributed by atoms with Gasteiger partial charge in [0.2, 0.25) is 0 Å². The third kappa shape index (κ3) is 8.54. The molecular formula is C50H37O6PS6. The van der Waals surface area contributed by atoms with Crippen molar-refractivity contribution in [3.63, 3.8) is 0 Å². The summed E-state index contributed by atoms with van der Waals surface area (Å²) >= 11 is 10.8. The lowest BCUT2D eigenvalue weighted by Crippen LogP contribution is -1.99. The number of phosphoric acid groups is 1. The Bertz CT molecular complexity index is 3020. The van der Waals surface area contributed by atoms with Crippen LogP contribution in [0.2, 0.25) is 0 Å². The number of phosphoric ester groups is 1. The van der Waals surface area contributed by atoms with Crippen molar-refractivity contribution < 1.29 is 28.0 Å². The van der Waals surface area contributed by atoms with Gasteiger partial charge in [0.15, 0.2) is 0 Å². The second kappa shape index (κ2) is 17.7. The number of hydrogen-bond acceptors (Lipinski definition) is 11. The minimum atomic E-state index is -4.46. The van der Waals surface area contributed by atoms with E-state index in [0.717, 1.165) is 56.6 Å². The lowest BCUT2D eigenvalue weighted by molar-refractivity contribution is 0.124. The maximum absolute atomic E-state index is 13.2. The molecule has 4 aromatic carbocycles. The second-order valence-corrected chi connectivity index (χ2v) is 22.3. The lowest BCUT2D eigenvalue weighted by Gasteiger charge is -2.15. The first kappa shape index (κ1) is 41.0. The predicted octanol–water partition coefficient (Wildman–Crippen LogP) is 16.1. The smallest absolute Gasteiger partial charge is 0.395 e. The minimum Gasteiger partial charge on any atom is -0.395 e. The summed E-state index contributed by atoms with van der Waals surface area (Å²) in [6, 6.07) is 41.7. The molecule has 11 rings (SSSR count). The van der Waals surface area contributed by atoms with Crippen LogP contribution in [0.3, 0.4) is 0 Å². The Labute approximate surface area is 388 Å². The molecular weight excluding hydrogens is 920 g/mol. The molecule has 6 aromatic heterocycles. The van der Waals surface area contributed by atoms with Gasteiger partial charge in [-0.3, -0.25) is 4.89 Å². The van der Waals surface area contributed by atoms with Crippen molar-refractivity contribution in [2.24, 2.45) is 0 Å². The van der Waals surface area contributed by atoms with Gasteiger partial charge >= 0.3 is 7.82 Å². The van der Waals surface area contributed by atoms with Gasteiger partial charge in [-0.25, -0.2) is 4.57 Å². The molecule has 0 fully saturated rings. The van der Waals surface area contributed by atoms with Crippen LogP contribution in [0, 0.1) is 0 Å². The highest BCUT2D eigenvalue weighted by Crippen LogP contribution is 2.57. The summed E-state index contributed by atoms with van der Waals surface area (Å²) in [5.41, 5.74) is 6.13. The Morgan fingerprint density at radius 3 is 1.33 bits per heavy atom. The van der Waals surface area contributed by atoms with E-state index in [4.69, 9.17) is 18.5 Å². The highest BCUT2D eigenvalue weighted by atomic mass is 32.1. The summed E-state index contributed by atoms with van der Waals surface area (Å²) in [4.78, 5) is 21.2. The Morgan fingerprint density at radius 2 is 0.921 bits per heavy atom. The average Bonchev–Trinajstić information content (AvgIpc) is 4.13. The van der Waals surface area contributed by atoms with Crippen LogP contribution < -0.4 is 9.05 Å². The van der Waals surface area contributed by atoms with Crippen LogP contribution in [0.5, 0.6) is 11.5 Å². The van der Waals surface area contributed by atoms with Crippen LogP contribution in [-0.4, -0.2) is 18.1 Å². The van der Waals surface area contributed by atoms with E-state index in [-0.39, 0.29) is 0 Å². The third-order valence-electron chi connectivity index (χ3n) is 11.0. The van der Waals surface area contributed by atoms with Gasteiger partial charge in [-0.1, -0.05) is 60.7 Å². The topological polar surface area (TPSA) is 74.2 Å². The van der Waals surface area contributed by atoms with E-state index in [1.54, 1.807) is 57.5 Å². The largest absolute Gasteiger partial charge is 0.584 e. The Kier molecular flexibility index (Phi) is 11.5. The fourth-order valence-corrected chi connectivity index (χ4v) is 14.8. The fourth-order valence-electron chi connectivity index (χ4n) is 8.12. The number of thiophene rings is 6. The number of hydrogen-bond donors (Lipinski definition) is 1. The van der Waals surface area contributed by atoms with Gasteiger partial charge in [-0.05, 0) is 139 Å². The molecule has 0 saturated carbocycles. The molecule has 1 aliphatic rings. The highest BCUT2D eigenvalue weighted by molar-refractivity contribution is 7.48. The van der Waals surface area contributed by atoms with Gasteiger partial charge in [-0.15, -0.1) is 68.0 Å². The number of fused-ring (bicyclic) bond motifs is 7. The van der Waals surface area contributed by atoms with Gasteiger partial charge < -0.3 is 18.5 Å². The number of ether oxygens (including phenoxy) is 2. The summed E-state index contributed by atoms with van der Waals surface area (Å²) < 4.78 is 37.3. The standard InChI is InChI=1S/C50H37O6PS6/c51-57(52)55-39-15-11-33-25-31(29-53-19-17-35-27-45(41-5-1-21-58-41)62-49(35)43-7-3-23-60-43)9-13-37(33)47(39)48-38-14-10-32(26-34(38)12-16-40(48)56-57)30-54-20-18-36-28-46(42-6-2-22-59-42)63-50(36)44-8-4-24-61-44/h1-16,21-28H,17-20,29-30H2,(H,51,52). The predicted molar refractivity (Wildman–Crippen MR) is 267 cm³/mol. The van der Waals surface area contributed by atoms with Crippen molar-refractivity contribution in [2.45, 2.75) is 26.1 Å². The monoisotopic (exact) mass is 956 g/mol. The Hall–Kier alpha value is -4.69. The van der Waals surface area contributed by atoms with Gasteiger partial charge in [0, 0.05) is 50.1 Å². The molecule has 0 bridgehead atoms. The second-order valence-electron chi connectivity index (χ2n) is 15.1. The van der Waals surface area contributed by atoms with Crippen molar-refractivity contribution in [3.05, 3.63) is 165 Å². The molecule has 0 unspecified atom stereocenters. The summed E-state index contributed by atoms with van der Waals surface area (Å²) in [7, 11) is -4.46. The average molecular weight is 957 g/mol. The molecule has 6 nitrogen and oxygen atoms in total. The minimum absolute atomic E-state index is 0.299. The van der Waals surface area contributed by atoms with Crippen LogP contribution in [0.15, 0.2) is 143 Å². The van der Waals surface area contributed by atoms with Gasteiger partial charge in [0.1, 0.15) is 11.5 Å². The van der Waals surface area contributed by atoms with Crippen LogP contribution in [0.4, 0.5) is 0 Å². The van der Waals surface area contributed by atoms with Crippen molar-refractivity contribution in [3.8, 4) is 61.6 Å². The Balaban J connectivity index is 0.815. The van der Waals surface area contributed by atoms with Crippen LogP contribution in [0.1, 0.15) is 22.3 Å². The first-order valence-electron chi connectivity index (χ1n) is 20.3. The van der Waals surface area contributed by atoms with Crippen LogP contribution in [0.25, 0.3) is 71.7 Å². The van der Waals surface area contributed by atoms with E-state index in [1.165, 1.54) is 50.1 Å². The fraction of sp³-hybridized carbons (Fsp3) is 0.120. The maximum Gasteiger partial charge on any atom is 0.584 e. The summed E-state index contributed by atoms with van der Waals surface area (Å²) in [5.74, 6) is 0.598. The number of rotatable bonds is 14. The van der Waals surface area contributed by atoms with E-state index in [2.05, 4.69) is 119 Å². The van der Waals surface area contributed by atoms with E-state index >= 15 is 0 Å². The summed E-state index contributed by atoms with van der Waals surface area (Å²) in [6.07, 6.45) is 1.63. The normalized spacial score (nSPS) is 13.2. The zero-order chi connectivity index (χ0) is 42.3. The van der Waals surface area contributed by atoms with Gasteiger partial charge in [0.25, 0.3) is 0 Å². The maximum atomic E-state index is 13.2. The van der Waals surface area contributed by atoms with E-state index < -0.39 is 7.82 Å². The molecule has 0 aliphatic carbocycles. The molecule has 0 atom stereocenters. The first-order valence-corrected chi connectivity index (χ1v) is 27.0. The zero-order valence-corrected chi connectivity index (χ0v) is 39.3. The third-order valence-corrected chi connectivity index (χ3v) is 18.4. The zero-order valence-electron chi connectivity index (χ0n) is 33.5. The van der Waals surface area contributed by atoms with E-state index in [9.17, 15) is 9.46 Å². The van der Waals surface area contributed by atoms with Crippen molar-refractivity contribution in [1.82, 2.24) is 0 Å². The van der Waals surface area contributed by atoms with Crippen LogP contribution in [-0.2, 0) is 40.1 Å². The number of benzene rings is 4. The first-order chi connectivity index (χ1) is 30.9. The van der Waals surface area contributed by atoms with Crippen LogP contribution >= 0.6 is 75.8 Å². The lowest BCUT2D eigenvalue weighted by atomic mass is 9.91. The molecule has 0 spiro atoms. The quantitative estimate of drug-likeness (QED) is 0.0865. The van der Waals surface area contributed by atoms with Crippen molar-refractivity contribution >= 4 is 97.4 Å². The molecule has 0 saturated heterocycles. The molecule has 0 radical (unpaired) electrons. The van der Waals surface area contributed by atoms with E-state index in [1.807, 2.05) is 34.8 Å². The molecule has 13 heteroatoms. The van der Waals surface area contributed by atoms with Gasteiger partial charge in [0.05, 0.1) is 26.4 Å². The van der Waals surface area contributed by atoms with Gasteiger partial charge in [-0.2, -0.15) is 0 Å². The molecule has 1 aliphatic heterocycles. The SMILES string of the molecule is O=P1(O)Oc2ccc3cc(COCCc4cc(-c5cccs5)sc4-c4cccs4)ccc3c2-c2c(ccc3cc(COCCc4cc(-c5cccs5)sc4-c4cccs4)ccc23)O1. The van der Waals surface area contributed by atoms with Crippen molar-refractivity contribution in [1.29, 1.82) is 0 Å². The molecule has 314 valence electrons.